The summed E-state index contributed by atoms with van der Waals surface area (Å²) in [5.74, 6) is -0.606. The molecular weight excluding hydrogens is 355 g/mol. The summed E-state index contributed by atoms with van der Waals surface area (Å²) in [5, 5.41) is 3.64. The van der Waals surface area contributed by atoms with Crippen molar-refractivity contribution >= 4 is 37.0 Å². The van der Waals surface area contributed by atoms with Gasteiger partial charge in [0, 0.05) is 22.6 Å². The molecule has 0 unspecified atom stereocenters. The van der Waals surface area contributed by atoms with Crippen LogP contribution in [0, 0.1) is 6.92 Å². The van der Waals surface area contributed by atoms with Gasteiger partial charge in [-0.25, -0.2) is 8.42 Å². The molecular formula is C10H11ClF3NO4S2. The second-order valence-electron chi connectivity index (χ2n) is 3.92. The number of thiophene rings is 1. The first-order valence-electron chi connectivity index (χ1n) is 5.48. The average molecular weight is 366 g/mol. The number of halogens is 4. The minimum absolute atomic E-state index is 0.107. The number of carbonyl (C=O) groups excluding carboxylic acids is 1. The molecule has 0 spiro atoms. The van der Waals surface area contributed by atoms with E-state index in [1.54, 1.807) is 0 Å². The molecule has 0 fully saturated rings. The SMILES string of the molecule is Cc1c(C(=O)NCCOCC(F)(F)F)csc1S(=O)(=O)Cl. The lowest BCUT2D eigenvalue weighted by Gasteiger charge is -2.08. The van der Waals surface area contributed by atoms with Crippen molar-refractivity contribution in [3.63, 3.8) is 0 Å². The molecule has 120 valence electrons. The van der Waals surface area contributed by atoms with Crippen LogP contribution >= 0.6 is 22.0 Å². The molecule has 0 aliphatic carbocycles. The van der Waals surface area contributed by atoms with Crippen molar-refractivity contribution in [3.05, 3.63) is 16.5 Å². The molecule has 21 heavy (non-hydrogen) atoms. The van der Waals surface area contributed by atoms with Gasteiger partial charge in [0.2, 0.25) is 0 Å². The van der Waals surface area contributed by atoms with E-state index >= 15 is 0 Å². The van der Waals surface area contributed by atoms with Gasteiger partial charge in [0.15, 0.2) is 0 Å². The lowest BCUT2D eigenvalue weighted by Crippen LogP contribution is -2.29. The van der Waals surface area contributed by atoms with Crippen LogP contribution in [0.1, 0.15) is 15.9 Å². The number of hydrogen-bond donors (Lipinski definition) is 1. The van der Waals surface area contributed by atoms with Gasteiger partial charge in [-0.05, 0) is 12.5 Å². The van der Waals surface area contributed by atoms with E-state index in [2.05, 4.69) is 10.1 Å². The summed E-state index contributed by atoms with van der Waals surface area (Å²) in [4.78, 5) is 11.7. The fourth-order valence-electron chi connectivity index (χ4n) is 1.38. The van der Waals surface area contributed by atoms with Crippen LogP contribution in [0.5, 0.6) is 0 Å². The smallest absolute Gasteiger partial charge is 0.370 e. The molecule has 1 N–H and O–H groups in total. The van der Waals surface area contributed by atoms with Crippen LogP contribution in [0.4, 0.5) is 13.2 Å². The number of carbonyl (C=O) groups is 1. The van der Waals surface area contributed by atoms with Gasteiger partial charge in [-0.2, -0.15) is 13.2 Å². The molecule has 0 saturated carbocycles. The van der Waals surface area contributed by atoms with E-state index in [1.165, 1.54) is 12.3 Å². The highest BCUT2D eigenvalue weighted by Gasteiger charge is 2.27. The zero-order chi connectivity index (χ0) is 16.3. The van der Waals surface area contributed by atoms with Crippen molar-refractivity contribution < 1.29 is 31.1 Å². The van der Waals surface area contributed by atoms with Crippen molar-refractivity contribution in [1.29, 1.82) is 0 Å². The first kappa shape index (κ1) is 18.2. The average Bonchev–Trinajstić information content (AvgIpc) is 2.68. The number of ether oxygens (including phenoxy) is 1. The third-order valence-corrected chi connectivity index (χ3v) is 5.56. The standard InChI is InChI=1S/C10H11ClF3NO4S2/c1-6-7(4-20-9(6)21(11,17)18)8(16)15-2-3-19-5-10(12,13)14/h4H,2-3,5H2,1H3,(H,15,16). The Bertz CT molecular complexity index is 612. The van der Waals surface area contributed by atoms with Crippen LogP contribution in [-0.2, 0) is 13.8 Å². The van der Waals surface area contributed by atoms with E-state index in [-0.39, 0.29) is 28.5 Å². The van der Waals surface area contributed by atoms with E-state index < -0.39 is 27.7 Å². The zero-order valence-electron chi connectivity index (χ0n) is 10.7. The highest BCUT2D eigenvalue weighted by molar-refractivity contribution is 8.15. The summed E-state index contributed by atoms with van der Waals surface area (Å²) < 4.78 is 62.0. The van der Waals surface area contributed by atoms with Crippen LogP contribution in [0.25, 0.3) is 0 Å². The number of alkyl halides is 3. The molecule has 1 aromatic rings. The van der Waals surface area contributed by atoms with Gasteiger partial charge in [0.1, 0.15) is 10.8 Å². The first-order chi connectivity index (χ1) is 9.52. The number of hydrogen-bond acceptors (Lipinski definition) is 5. The van der Waals surface area contributed by atoms with Crippen molar-refractivity contribution in [2.24, 2.45) is 0 Å². The number of amides is 1. The molecule has 1 rings (SSSR count). The Morgan fingerprint density at radius 3 is 2.57 bits per heavy atom. The summed E-state index contributed by atoms with van der Waals surface area (Å²) in [6, 6.07) is 0. The van der Waals surface area contributed by atoms with Crippen LogP contribution in [-0.4, -0.2) is 40.3 Å². The van der Waals surface area contributed by atoms with Gasteiger partial charge >= 0.3 is 6.18 Å². The van der Waals surface area contributed by atoms with Crippen LogP contribution in [0.15, 0.2) is 9.59 Å². The van der Waals surface area contributed by atoms with Crippen molar-refractivity contribution in [2.75, 3.05) is 19.8 Å². The second-order valence-corrected chi connectivity index (χ2v) is 7.56. The third-order valence-electron chi connectivity index (χ3n) is 2.26. The summed E-state index contributed by atoms with van der Waals surface area (Å²) in [6.07, 6.45) is -4.42. The Balaban J connectivity index is 2.52. The minimum atomic E-state index is -4.42. The summed E-state index contributed by atoms with van der Waals surface area (Å²) in [6.45, 7) is -0.419. The van der Waals surface area contributed by atoms with Crippen molar-refractivity contribution in [2.45, 2.75) is 17.3 Å². The van der Waals surface area contributed by atoms with E-state index in [0.29, 0.717) is 0 Å². The maximum atomic E-state index is 11.8. The Hall–Kier alpha value is -0.840. The lowest BCUT2D eigenvalue weighted by atomic mass is 10.2. The van der Waals surface area contributed by atoms with Gasteiger partial charge < -0.3 is 10.1 Å². The monoisotopic (exact) mass is 365 g/mol. The fraction of sp³-hybridized carbons (Fsp3) is 0.500. The van der Waals surface area contributed by atoms with E-state index in [9.17, 15) is 26.4 Å². The molecule has 0 aliphatic rings. The molecule has 0 aromatic carbocycles. The highest BCUT2D eigenvalue weighted by atomic mass is 35.7. The predicted molar refractivity (Wildman–Crippen MR) is 71.3 cm³/mol. The molecule has 0 atom stereocenters. The Kier molecular flexibility index (Phi) is 6.02. The molecule has 1 amide bonds. The van der Waals surface area contributed by atoms with Crippen LogP contribution < -0.4 is 5.32 Å². The molecule has 0 aliphatic heterocycles. The molecule has 11 heteroatoms. The van der Waals surface area contributed by atoms with Gasteiger partial charge in [-0.1, -0.05) is 0 Å². The summed E-state index contributed by atoms with van der Waals surface area (Å²) in [5.41, 5.74) is 0.304. The molecule has 0 saturated heterocycles. The normalized spacial score (nSPS) is 12.4. The zero-order valence-corrected chi connectivity index (χ0v) is 13.0. The molecule has 0 radical (unpaired) electrons. The third kappa shape index (κ3) is 5.81. The van der Waals surface area contributed by atoms with E-state index in [4.69, 9.17) is 10.7 Å². The molecule has 1 aromatic heterocycles. The van der Waals surface area contributed by atoms with Gasteiger partial charge in [0.05, 0.1) is 12.2 Å². The quantitative estimate of drug-likeness (QED) is 0.620. The summed E-state index contributed by atoms with van der Waals surface area (Å²) in [7, 11) is 1.26. The van der Waals surface area contributed by atoms with E-state index in [0.717, 1.165) is 11.3 Å². The molecule has 1 heterocycles. The Morgan fingerprint density at radius 2 is 2.10 bits per heavy atom. The van der Waals surface area contributed by atoms with Crippen molar-refractivity contribution in [1.82, 2.24) is 5.32 Å². The maximum absolute atomic E-state index is 11.8. The second kappa shape index (κ2) is 6.95. The van der Waals surface area contributed by atoms with Crippen molar-refractivity contribution in [3.8, 4) is 0 Å². The van der Waals surface area contributed by atoms with Gasteiger partial charge in [0.25, 0.3) is 15.0 Å². The Morgan fingerprint density at radius 1 is 1.48 bits per heavy atom. The summed E-state index contributed by atoms with van der Waals surface area (Å²) >= 11 is 0.798. The van der Waals surface area contributed by atoms with Crippen LogP contribution in [0.2, 0.25) is 0 Å². The topological polar surface area (TPSA) is 72.5 Å². The minimum Gasteiger partial charge on any atom is -0.370 e. The van der Waals surface area contributed by atoms with E-state index in [1.807, 2.05) is 0 Å². The number of nitrogens with one attached hydrogen (secondary N) is 1. The predicted octanol–water partition coefficient (Wildman–Crippen LogP) is 2.29. The Labute approximate surface area is 127 Å². The fourth-order valence-corrected chi connectivity index (χ4v) is 3.93. The first-order valence-corrected chi connectivity index (χ1v) is 8.66. The van der Waals surface area contributed by atoms with Gasteiger partial charge in [-0.3, -0.25) is 4.79 Å². The maximum Gasteiger partial charge on any atom is 0.411 e. The van der Waals surface area contributed by atoms with Gasteiger partial charge in [-0.15, -0.1) is 11.3 Å². The molecule has 0 bridgehead atoms. The highest BCUT2D eigenvalue weighted by Crippen LogP contribution is 2.29. The molecule has 5 nitrogen and oxygen atoms in total. The van der Waals surface area contributed by atoms with Crippen LogP contribution in [0.3, 0.4) is 0 Å². The number of rotatable bonds is 6. The largest absolute Gasteiger partial charge is 0.411 e. The lowest BCUT2D eigenvalue weighted by molar-refractivity contribution is -0.173.